The van der Waals surface area contributed by atoms with Crippen molar-refractivity contribution in [1.82, 2.24) is 0 Å². The molecule has 1 aliphatic heterocycles. The number of hydrogen-bond acceptors (Lipinski definition) is 3. The third-order valence-electron chi connectivity index (χ3n) is 2.86. The molecule has 0 radical (unpaired) electrons. The SMILES string of the molecule is Cc1cccc(OCCC2OCCO2)c1C. The lowest BCUT2D eigenvalue weighted by Crippen LogP contribution is -2.13. The normalized spacial score (nSPS) is 16.6. The molecule has 88 valence electrons. The van der Waals surface area contributed by atoms with Crippen LogP contribution in [0.1, 0.15) is 17.5 Å². The fraction of sp³-hybridized carbons (Fsp3) is 0.538. The molecule has 3 nitrogen and oxygen atoms in total. The van der Waals surface area contributed by atoms with E-state index < -0.39 is 0 Å². The van der Waals surface area contributed by atoms with Gasteiger partial charge in [-0.1, -0.05) is 12.1 Å². The van der Waals surface area contributed by atoms with Gasteiger partial charge in [-0.3, -0.25) is 0 Å². The summed E-state index contributed by atoms with van der Waals surface area (Å²) in [6.45, 7) is 6.20. The quantitative estimate of drug-likeness (QED) is 0.783. The van der Waals surface area contributed by atoms with Crippen molar-refractivity contribution < 1.29 is 14.2 Å². The Morgan fingerprint density at radius 3 is 2.75 bits per heavy atom. The minimum absolute atomic E-state index is 0.0786. The first-order chi connectivity index (χ1) is 7.77. The van der Waals surface area contributed by atoms with Gasteiger partial charge >= 0.3 is 0 Å². The van der Waals surface area contributed by atoms with Crippen molar-refractivity contribution in [3.05, 3.63) is 29.3 Å². The van der Waals surface area contributed by atoms with Crippen LogP contribution in [0.2, 0.25) is 0 Å². The summed E-state index contributed by atoms with van der Waals surface area (Å²) in [6.07, 6.45) is 0.707. The Hall–Kier alpha value is -1.06. The summed E-state index contributed by atoms with van der Waals surface area (Å²) in [6, 6.07) is 6.10. The van der Waals surface area contributed by atoms with Gasteiger partial charge in [0.25, 0.3) is 0 Å². The van der Waals surface area contributed by atoms with Crippen molar-refractivity contribution in [1.29, 1.82) is 0 Å². The highest BCUT2D eigenvalue weighted by atomic mass is 16.7. The van der Waals surface area contributed by atoms with Gasteiger partial charge in [0, 0.05) is 6.42 Å². The second-order valence-electron chi connectivity index (χ2n) is 4.01. The first-order valence-electron chi connectivity index (χ1n) is 5.69. The van der Waals surface area contributed by atoms with Crippen molar-refractivity contribution >= 4 is 0 Å². The minimum Gasteiger partial charge on any atom is -0.493 e. The number of benzene rings is 1. The van der Waals surface area contributed by atoms with Gasteiger partial charge in [-0.25, -0.2) is 0 Å². The number of aryl methyl sites for hydroxylation is 1. The number of hydrogen-bond donors (Lipinski definition) is 0. The monoisotopic (exact) mass is 222 g/mol. The molecule has 1 saturated heterocycles. The fourth-order valence-electron chi connectivity index (χ4n) is 1.72. The molecule has 1 heterocycles. The van der Waals surface area contributed by atoms with E-state index in [4.69, 9.17) is 14.2 Å². The highest BCUT2D eigenvalue weighted by molar-refractivity contribution is 5.38. The van der Waals surface area contributed by atoms with E-state index in [2.05, 4.69) is 19.9 Å². The summed E-state index contributed by atoms with van der Waals surface area (Å²) in [4.78, 5) is 0. The lowest BCUT2D eigenvalue weighted by molar-refractivity contribution is -0.0531. The maximum atomic E-state index is 5.72. The zero-order valence-electron chi connectivity index (χ0n) is 9.86. The predicted octanol–water partition coefficient (Wildman–Crippen LogP) is 2.45. The van der Waals surface area contributed by atoms with E-state index in [1.54, 1.807) is 0 Å². The molecule has 2 rings (SSSR count). The minimum atomic E-state index is -0.0786. The average molecular weight is 222 g/mol. The van der Waals surface area contributed by atoms with Crippen molar-refractivity contribution in [3.63, 3.8) is 0 Å². The van der Waals surface area contributed by atoms with Crippen LogP contribution in [-0.2, 0) is 9.47 Å². The van der Waals surface area contributed by atoms with Gasteiger partial charge in [0.15, 0.2) is 6.29 Å². The van der Waals surface area contributed by atoms with Crippen LogP contribution in [0.3, 0.4) is 0 Å². The Kier molecular flexibility index (Phi) is 3.80. The third-order valence-corrected chi connectivity index (χ3v) is 2.86. The third kappa shape index (κ3) is 2.74. The first-order valence-corrected chi connectivity index (χ1v) is 5.69. The summed E-state index contributed by atoms with van der Waals surface area (Å²) in [5, 5.41) is 0. The molecule has 1 aromatic carbocycles. The number of rotatable bonds is 4. The Balaban J connectivity index is 1.82. The largest absolute Gasteiger partial charge is 0.493 e. The molecule has 0 N–H and O–H groups in total. The van der Waals surface area contributed by atoms with E-state index in [1.807, 2.05) is 12.1 Å². The van der Waals surface area contributed by atoms with E-state index in [0.29, 0.717) is 19.8 Å². The molecule has 0 saturated carbocycles. The molecule has 1 aliphatic rings. The second-order valence-corrected chi connectivity index (χ2v) is 4.01. The van der Waals surface area contributed by atoms with Gasteiger partial charge in [-0.2, -0.15) is 0 Å². The van der Waals surface area contributed by atoms with Crippen molar-refractivity contribution in [3.8, 4) is 5.75 Å². The molecular formula is C13H18O3. The molecule has 1 fully saturated rings. The van der Waals surface area contributed by atoms with Crippen molar-refractivity contribution in [2.45, 2.75) is 26.6 Å². The Morgan fingerprint density at radius 1 is 1.25 bits per heavy atom. The van der Waals surface area contributed by atoms with Crippen molar-refractivity contribution in [2.24, 2.45) is 0 Å². The summed E-state index contributed by atoms with van der Waals surface area (Å²) < 4.78 is 16.4. The maximum Gasteiger partial charge on any atom is 0.161 e. The lowest BCUT2D eigenvalue weighted by Gasteiger charge is -2.12. The molecule has 0 bridgehead atoms. The molecule has 0 aliphatic carbocycles. The predicted molar refractivity (Wildman–Crippen MR) is 61.7 cm³/mol. The highest BCUT2D eigenvalue weighted by Gasteiger charge is 2.15. The van der Waals surface area contributed by atoms with Gasteiger partial charge < -0.3 is 14.2 Å². The second kappa shape index (κ2) is 5.32. The van der Waals surface area contributed by atoms with Gasteiger partial charge in [0.05, 0.1) is 19.8 Å². The standard InChI is InChI=1S/C13H18O3/c1-10-4-3-5-12(11(10)2)14-7-6-13-15-8-9-16-13/h3-5,13H,6-9H2,1-2H3. The van der Waals surface area contributed by atoms with Gasteiger partial charge in [0.1, 0.15) is 5.75 Å². The summed E-state index contributed by atoms with van der Waals surface area (Å²) >= 11 is 0. The average Bonchev–Trinajstić information content (AvgIpc) is 2.77. The highest BCUT2D eigenvalue weighted by Crippen LogP contribution is 2.21. The molecule has 16 heavy (non-hydrogen) atoms. The molecule has 0 aromatic heterocycles. The first kappa shape index (κ1) is 11.4. The van der Waals surface area contributed by atoms with Gasteiger partial charge in [-0.05, 0) is 31.0 Å². The van der Waals surface area contributed by atoms with E-state index in [0.717, 1.165) is 12.2 Å². The molecular weight excluding hydrogens is 204 g/mol. The van der Waals surface area contributed by atoms with Gasteiger partial charge in [0.2, 0.25) is 0 Å². The van der Waals surface area contributed by atoms with Crippen LogP contribution in [0.25, 0.3) is 0 Å². The van der Waals surface area contributed by atoms with E-state index >= 15 is 0 Å². The summed E-state index contributed by atoms with van der Waals surface area (Å²) in [7, 11) is 0. The van der Waals surface area contributed by atoms with Crippen LogP contribution in [0, 0.1) is 13.8 Å². The molecule has 0 amide bonds. The molecule has 1 aromatic rings. The van der Waals surface area contributed by atoms with E-state index in [9.17, 15) is 0 Å². The zero-order valence-corrected chi connectivity index (χ0v) is 9.86. The summed E-state index contributed by atoms with van der Waals surface area (Å²) in [5.74, 6) is 0.956. The Morgan fingerprint density at radius 2 is 2.00 bits per heavy atom. The Bertz CT molecular complexity index is 343. The van der Waals surface area contributed by atoms with Crippen LogP contribution in [0.5, 0.6) is 5.75 Å². The summed E-state index contributed by atoms with van der Waals surface area (Å²) in [5.41, 5.74) is 2.46. The van der Waals surface area contributed by atoms with Crippen LogP contribution in [-0.4, -0.2) is 26.1 Å². The topological polar surface area (TPSA) is 27.7 Å². The van der Waals surface area contributed by atoms with Crippen LogP contribution in [0.15, 0.2) is 18.2 Å². The van der Waals surface area contributed by atoms with E-state index in [-0.39, 0.29) is 6.29 Å². The molecule has 3 heteroatoms. The molecule has 0 unspecified atom stereocenters. The maximum absolute atomic E-state index is 5.72. The zero-order chi connectivity index (χ0) is 11.4. The smallest absolute Gasteiger partial charge is 0.161 e. The number of ether oxygens (including phenoxy) is 3. The van der Waals surface area contributed by atoms with Crippen LogP contribution in [0.4, 0.5) is 0 Å². The van der Waals surface area contributed by atoms with Crippen LogP contribution < -0.4 is 4.74 Å². The fourth-order valence-corrected chi connectivity index (χ4v) is 1.72. The van der Waals surface area contributed by atoms with Crippen molar-refractivity contribution in [2.75, 3.05) is 19.8 Å². The molecule has 0 atom stereocenters. The molecule has 0 spiro atoms. The Labute approximate surface area is 96.3 Å². The lowest BCUT2D eigenvalue weighted by atomic mass is 10.1. The van der Waals surface area contributed by atoms with Crippen LogP contribution >= 0.6 is 0 Å². The van der Waals surface area contributed by atoms with E-state index in [1.165, 1.54) is 11.1 Å². The van der Waals surface area contributed by atoms with Gasteiger partial charge in [-0.15, -0.1) is 0 Å².